The molecule has 2 fully saturated rings. The molecule has 0 saturated heterocycles. The Bertz CT molecular complexity index is 494. The number of halogens is 1. The van der Waals surface area contributed by atoms with Gasteiger partial charge in [0.15, 0.2) is 0 Å². The van der Waals surface area contributed by atoms with E-state index in [4.69, 9.17) is 0 Å². The van der Waals surface area contributed by atoms with Gasteiger partial charge in [0.2, 0.25) is 0 Å². The van der Waals surface area contributed by atoms with Gasteiger partial charge in [0.25, 0.3) is 0 Å². The molecule has 0 radical (unpaired) electrons. The van der Waals surface area contributed by atoms with E-state index in [2.05, 4.69) is 46.6 Å². The van der Waals surface area contributed by atoms with Gasteiger partial charge in [0.05, 0.1) is 0 Å². The van der Waals surface area contributed by atoms with Crippen LogP contribution in [0.3, 0.4) is 0 Å². The largest absolute Gasteiger partial charge is 0.378 e. The number of hydrogen-bond donors (Lipinski definition) is 1. The molecule has 2 heteroatoms. The molecule has 0 unspecified atom stereocenters. The lowest BCUT2D eigenvalue weighted by atomic mass is 9.61. The van der Waals surface area contributed by atoms with Crippen LogP contribution in [-0.2, 0) is 0 Å². The van der Waals surface area contributed by atoms with Crippen molar-refractivity contribution in [2.45, 2.75) is 84.7 Å². The number of fused-ring (bicyclic) bond motifs is 1. The van der Waals surface area contributed by atoms with Gasteiger partial charge in [-0.05, 0) is 73.1 Å². The maximum Gasteiger partial charge on any atom is 0.125 e. The summed E-state index contributed by atoms with van der Waals surface area (Å²) in [5.41, 5.74) is 1.30. The lowest BCUT2D eigenvalue weighted by molar-refractivity contribution is 0.0919. The fraction of sp³-hybridized carbons (Fsp3) is 0.810. The molecule has 1 N–H and O–H groups in total. The van der Waals surface area contributed by atoms with Gasteiger partial charge < -0.3 is 5.11 Å². The van der Waals surface area contributed by atoms with E-state index in [1.807, 2.05) is 13.8 Å². The first-order chi connectivity index (χ1) is 10.9. The summed E-state index contributed by atoms with van der Waals surface area (Å²) in [6.07, 6.45) is 8.98. The molecular weight excluding hydrogens is 348 g/mol. The monoisotopic (exact) mass is 380 g/mol. The maximum atomic E-state index is 10.3. The summed E-state index contributed by atoms with van der Waals surface area (Å²) in [7, 11) is 0. The smallest absolute Gasteiger partial charge is 0.125 e. The van der Waals surface area contributed by atoms with E-state index in [-0.39, 0.29) is 0 Å². The second-order valence-corrected chi connectivity index (χ2v) is 8.46. The van der Waals surface area contributed by atoms with Crippen molar-refractivity contribution in [3.8, 4) is 11.8 Å². The van der Waals surface area contributed by atoms with Gasteiger partial charge in [-0.1, -0.05) is 61.0 Å². The van der Waals surface area contributed by atoms with Crippen LogP contribution in [0.25, 0.3) is 0 Å². The molecule has 2 saturated carbocycles. The molecule has 0 aromatic rings. The van der Waals surface area contributed by atoms with Crippen LogP contribution in [0.5, 0.6) is 0 Å². The highest BCUT2D eigenvalue weighted by atomic mass is 79.9. The van der Waals surface area contributed by atoms with Crippen molar-refractivity contribution in [2.75, 3.05) is 0 Å². The molecule has 4 atom stereocenters. The summed E-state index contributed by atoms with van der Waals surface area (Å²) in [5, 5.41) is 10.3. The van der Waals surface area contributed by atoms with Crippen molar-refractivity contribution < 1.29 is 5.11 Å². The fourth-order valence-corrected chi connectivity index (χ4v) is 5.64. The predicted octanol–water partition coefficient (Wildman–Crippen LogP) is 6.06. The lowest BCUT2D eigenvalue weighted by Crippen LogP contribution is -2.35. The highest BCUT2D eigenvalue weighted by Gasteiger charge is 2.50. The van der Waals surface area contributed by atoms with Crippen LogP contribution in [-0.4, -0.2) is 10.7 Å². The fourth-order valence-electron chi connectivity index (χ4n) is 5.09. The van der Waals surface area contributed by atoms with E-state index in [9.17, 15) is 5.11 Å². The second-order valence-electron chi connectivity index (χ2n) is 8.00. The van der Waals surface area contributed by atoms with Crippen molar-refractivity contribution in [3.63, 3.8) is 0 Å². The first kappa shape index (κ1) is 19.1. The van der Waals surface area contributed by atoms with Crippen molar-refractivity contribution >= 4 is 15.9 Å². The number of allylic oxidation sites excluding steroid dienone is 1. The third-order valence-corrected chi connectivity index (χ3v) is 7.37. The Kier molecular flexibility index (Phi) is 6.42. The first-order valence-corrected chi connectivity index (χ1v) is 10.3. The molecular formula is C21H33BrO. The van der Waals surface area contributed by atoms with Gasteiger partial charge in [-0.15, -0.1) is 0 Å². The Labute approximate surface area is 151 Å². The molecule has 0 aromatic heterocycles. The molecule has 0 aromatic carbocycles. The Morgan fingerprint density at radius 3 is 2.70 bits per heavy atom. The van der Waals surface area contributed by atoms with Crippen LogP contribution < -0.4 is 0 Å². The molecule has 2 aliphatic carbocycles. The number of rotatable bonds is 4. The molecule has 2 rings (SSSR count). The summed E-state index contributed by atoms with van der Waals surface area (Å²) in [6.45, 7) is 8.92. The van der Waals surface area contributed by atoms with E-state index >= 15 is 0 Å². The summed E-state index contributed by atoms with van der Waals surface area (Å²) >= 11 is 3.60. The Hall–Kier alpha value is -0.260. The summed E-state index contributed by atoms with van der Waals surface area (Å²) in [5.74, 6) is 8.60. The quantitative estimate of drug-likeness (QED) is 0.587. The summed E-state index contributed by atoms with van der Waals surface area (Å²) in [6, 6.07) is 0. The molecule has 23 heavy (non-hydrogen) atoms. The Balaban J connectivity index is 2.06. The maximum absolute atomic E-state index is 10.3. The molecule has 0 aliphatic heterocycles. The molecule has 0 bridgehead atoms. The average Bonchev–Trinajstić information content (AvgIpc) is 2.91. The highest BCUT2D eigenvalue weighted by Crippen LogP contribution is 2.59. The zero-order valence-corrected chi connectivity index (χ0v) is 16.9. The first-order valence-electron chi connectivity index (χ1n) is 9.41. The van der Waals surface area contributed by atoms with Crippen LogP contribution in [0.4, 0.5) is 0 Å². The Morgan fingerprint density at radius 1 is 1.39 bits per heavy atom. The van der Waals surface area contributed by atoms with Crippen LogP contribution in [0.2, 0.25) is 0 Å². The zero-order valence-electron chi connectivity index (χ0n) is 15.3. The molecule has 2 aliphatic rings. The molecule has 1 nitrogen and oxygen atoms in total. The van der Waals surface area contributed by atoms with E-state index in [0.29, 0.717) is 24.2 Å². The van der Waals surface area contributed by atoms with E-state index in [1.54, 1.807) is 5.57 Å². The minimum absolute atomic E-state index is 0.449. The van der Waals surface area contributed by atoms with E-state index < -0.39 is 5.60 Å². The molecule has 130 valence electrons. The molecule has 0 amide bonds. The number of hydrogen-bond acceptors (Lipinski definition) is 1. The summed E-state index contributed by atoms with van der Waals surface area (Å²) in [4.78, 5) is 2.20. The van der Waals surface area contributed by atoms with Gasteiger partial charge in [0, 0.05) is 6.42 Å². The Morgan fingerprint density at radius 2 is 2.09 bits per heavy atom. The second kappa shape index (κ2) is 7.75. The van der Waals surface area contributed by atoms with Crippen LogP contribution in [0.15, 0.2) is 10.6 Å². The normalized spacial score (nSPS) is 33.9. The van der Waals surface area contributed by atoms with Crippen molar-refractivity contribution in [3.05, 3.63) is 10.6 Å². The number of aliphatic hydroxyl groups is 1. The van der Waals surface area contributed by atoms with E-state index in [1.165, 1.54) is 32.1 Å². The minimum Gasteiger partial charge on any atom is -0.378 e. The predicted molar refractivity (Wildman–Crippen MR) is 102 cm³/mol. The van der Waals surface area contributed by atoms with Crippen LogP contribution in [0.1, 0.15) is 79.1 Å². The highest BCUT2D eigenvalue weighted by molar-refractivity contribution is 9.11. The van der Waals surface area contributed by atoms with Crippen LogP contribution >= 0.6 is 15.9 Å². The van der Waals surface area contributed by atoms with Gasteiger partial charge in [-0.3, -0.25) is 0 Å². The minimum atomic E-state index is -0.779. The average molecular weight is 381 g/mol. The zero-order chi connectivity index (χ0) is 17.1. The molecule has 0 heterocycles. The standard InChI is InChI=1S/C21H33BrO/c1-5-21(23,6-2)14-7-9-16(3)18-11-12-19-17(15-22)10-8-13-20(18,19)4/h15-16,18-19,23H,5-6,8-13H2,1-4H3/t16-,18-,19+,20-/m1/s1. The van der Waals surface area contributed by atoms with Crippen molar-refractivity contribution in [2.24, 2.45) is 23.2 Å². The third-order valence-electron chi connectivity index (χ3n) is 6.78. The van der Waals surface area contributed by atoms with Crippen molar-refractivity contribution in [1.29, 1.82) is 0 Å². The van der Waals surface area contributed by atoms with Gasteiger partial charge in [0.1, 0.15) is 5.60 Å². The summed E-state index contributed by atoms with van der Waals surface area (Å²) < 4.78 is 0. The lowest BCUT2D eigenvalue weighted by Gasteiger charge is -2.44. The van der Waals surface area contributed by atoms with Crippen LogP contribution in [0, 0.1) is 35.0 Å². The topological polar surface area (TPSA) is 20.2 Å². The van der Waals surface area contributed by atoms with E-state index in [0.717, 1.165) is 18.3 Å². The molecule has 0 spiro atoms. The SMILES string of the molecule is CCC(O)(C#CC[C@@H](C)[C@H]1CC[C@H]2C(=CBr)CCC[C@]12C)CC. The van der Waals surface area contributed by atoms with Gasteiger partial charge >= 0.3 is 0 Å². The van der Waals surface area contributed by atoms with Gasteiger partial charge in [-0.2, -0.15) is 0 Å². The van der Waals surface area contributed by atoms with Crippen molar-refractivity contribution in [1.82, 2.24) is 0 Å². The van der Waals surface area contributed by atoms with Gasteiger partial charge in [-0.25, -0.2) is 0 Å². The third kappa shape index (κ3) is 3.88.